The number of halogens is 1. The Kier molecular flexibility index (Phi) is 7.06. The maximum absolute atomic E-state index is 13.7. The van der Waals surface area contributed by atoms with Gasteiger partial charge in [0.15, 0.2) is 0 Å². The third-order valence-corrected chi connectivity index (χ3v) is 9.35. The summed E-state index contributed by atoms with van der Waals surface area (Å²) in [7, 11) is -3.97. The van der Waals surface area contributed by atoms with Gasteiger partial charge in [0, 0.05) is 31.0 Å². The van der Waals surface area contributed by atoms with E-state index >= 15 is 0 Å². The van der Waals surface area contributed by atoms with Gasteiger partial charge in [0.1, 0.15) is 17.3 Å². The zero-order valence-electron chi connectivity index (χ0n) is 21.4. The van der Waals surface area contributed by atoms with Gasteiger partial charge >= 0.3 is 0 Å². The van der Waals surface area contributed by atoms with Crippen LogP contribution in [0.1, 0.15) is 29.8 Å². The normalized spacial score (nSPS) is 17.9. The largest absolute Gasteiger partial charge is 0.326 e. The van der Waals surface area contributed by atoms with Crippen LogP contribution in [0.2, 0.25) is 0 Å². The number of rotatable bonds is 6. The van der Waals surface area contributed by atoms with Gasteiger partial charge in [-0.25, -0.2) is 12.8 Å². The van der Waals surface area contributed by atoms with Gasteiger partial charge < -0.3 is 10.2 Å². The van der Waals surface area contributed by atoms with E-state index in [4.69, 9.17) is 0 Å². The highest BCUT2D eigenvalue weighted by atomic mass is 32.2. The van der Waals surface area contributed by atoms with E-state index in [1.165, 1.54) is 27.2 Å². The van der Waals surface area contributed by atoms with Gasteiger partial charge in [0.05, 0.1) is 17.3 Å². The van der Waals surface area contributed by atoms with Crippen molar-refractivity contribution in [1.29, 1.82) is 0 Å². The topological polar surface area (TPSA) is 105 Å². The monoisotopic (exact) mass is 539 g/mol. The van der Waals surface area contributed by atoms with Gasteiger partial charge in [-0.1, -0.05) is 24.3 Å². The molecule has 1 saturated heterocycles. The summed E-state index contributed by atoms with van der Waals surface area (Å²) < 4.78 is 43.7. The minimum absolute atomic E-state index is 0.0109. The van der Waals surface area contributed by atoms with Crippen LogP contribution in [0.15, 0.2) is 53.4 Å². The first-order chi connectivity index (χ1) is 18.1. The average Bonchev–Trinajstić information content (AvgIpc) is 3.44. The Bertz CT molecular complexity index is 1500. The molecule has 38 heavy (non-hydrogen) atoms. The van der Waals surface area contributed by atoms with Crippen LogP contribution in [-0.2, 0) is 32.6 Å². The molecule has 2 aliphatic rings. The second-order valence-electron chi connectivity index (χ2n) is 9.78. The maximum Gasteiger partial charge on any atom is 0.248 e. The predicted octanol–water partition coefficient (Wildman–Crippen LogP) is 3.27. The number of sulfonamides is 1. The van der Waals surface area contributed by atoms with E-state index in [0.717, 1.165) is 17.7 Å². The lowest BCUT2D eigenvalue weighted by Crippen LogP contribution is -2.44. The molecular formula is C27H30FN5O4S. The first kappa shape index (κ1) is 26.1. The number of benzene rings is 2. The summed E-state index contributed by atoms with van der Waals surface area (Å²) in [6, 6.07) is 13.3. The molecule has 3 aromatic rings. The third kappa shape index (κ3) is 4.95. The number of aromatic nitrogens is 2. The lowest BCUT2D eigenvalue weighted by molar-refractivity contribution is -0.121. The van der Waals surface area contributed by atoms with E-state index in [1.54, 1.807) is 24.8 Å². The molecule has 1 N–H and O–H groups in total. The second-order valence-corrected chi connectivity index (χ2v) is 11.7. The summed E-state index contributed by atoms with van der Waals surface area (Å²) in [6.45, 7) is 4.06. The van der Waals surface area contributed by atoms with Crippen LogP contribution in [0, 0.1) is 25.6 Å². The number of aryl methyl sites for hydroxylation is 1. The van der Waals surface area contributed by atoms with Crippen molar-refractivity contribution in [2.45, 2.75) is 44.6 Å². The number of amides is 2. The molecular weight excluding hydrogens is 509 g/mol. The lowest BCUT2D eigenvalue weighted by atomic mass is 9.99. The van der Waals surface area contributed by atoms with E-state index < -0.39 is 21.8 Å². The molecule has 1 unspecified atom stereocenters. The summed E-state index contributed by atoms with van der Waals surface area (Å²) in [5.74, 6) is -1.55. The summed E-state index contributed by atoms with van der Waals surface area (Å²) in [5.41, 5.74) is 3.01. The Morgan fingerprint density at radius 3 is 2.68 bits per heavy atom. The summed E-state index contributed by atoms with van der Waals surface area (Å²) in [4.78, 5) is 27.8. The van der Waals surface area contributed by atoms with Crippen molar-refractivity contribution in [1.82, 2.24) is 14.1 Å². The number of hydrogen-bond donors (Lipinski definition) is 1. The molecule has 1 fully saturated rings. The number of nitrogens with zero attached hydrogens (tertiary/aromatic N) is 4. The molecule has 0 radical (unpaired) electrons. The number of para-hydroxylation sites is 1. The van der Waals surface area contributed by atoms with Gasteiger partial charge in [-0.3, -0.25) is 14.3 Å². The van der Waals surface area contributed by atoms with E-state index in [-0.39, 0.29) is 36.3 Å². The van der Waals surface area contributed by atoms with Gasteiger partial charge in [-0.15, -0.1) is 0 Å². The molecule has 1 atom stereocenters. The number of hydrogen-bond acceptors (Lipinski definition) is 5. The van der Waals surface area contributed by atoms with Crippen molar-refractivity contribution in [2.24, 2.45) is 5.92 Å². The van der Waals surface area contributed by atoms with Crippen molar-refractivity contribution in [3.05, 3.63) is 71.3 Å². The van der Waals surface area contributed by atoms with E-state index in [9.17, 15) is 22.4 Å². The number of carbonyl (C=O) groups excluding carboxylic acids is 2. The Hall–Kier alpha value is -3.57. The number of anilines is 2. The van der Waals surface area contributed by atoms with Crippen LogP contribution in [-0.4, -0.2) is 54.0 Å². The van der Waals surface area contributed by atoms with E-state index in [2.05, 4.69) is 10.4 Å². The molecule has 200 valence electrons. The lowest BCUT2D eigenvalue weighted by Gasteiger charge is -2.31. The SMILES string of the molecule is Cc1nn(CC(=O)N2CCc3ccccc32)c(C)c1S(=O)(=O)N1CCCC(C(=O)Nc2cccc(F)c2)C1. The van der Waals surface area contributed by atoms with Crippen LogP contribution in [0.4, 0.5) is 15.8 Å². The van der Waals surface area contributed by atoms with Crippen molar-refractivity contribution < 1.29 is 22.4 Å². The molecule has 2 aromatic carbocycles. The molecule has 3 heterocycles. The summed E-state index contributed by atoms with van der Waals surface area (Å²) in [6.07, 6.45) is 1.82. The standard InChI is InChI=1S/C27H30FN5O4S/c1-18-26(19(2)33(30-18)17-25(34)32-14-12-20-7-3-4-11-24(20)32)38(36,37)31-13-6-8-21(16-31)27(35)29-23-10-5-9-22(28)15-23/h3-5,7,9-11,15,21H,6,8,12-14,16-17H2,1-2H3,(H,29,35). The quantitative estimate of drug-likeness (QED) is 0.518. The van der Waals surface area contributed by atoms with Crippen molar-refractivity contribution in [3.8, 4) is 0 Å². The van der Waals surface area contributed by atoms with E-state index in [0.29, 0.717) is 36.5 Å². The molecule has 0 aliphatic carbocycles. The molecule has 5 rings (SSSR count). The van der Waals surface area contributed by atoms with Crippen molar-refractivity contribution in [2.75, 3.05) is 29.9 Å². The fraction of sp³-hybridized carbons (Fsp3) is 0.370. The minimum Gasteiger partial charge on any atom is -0.326 e. The molecule has 2 amide bonds. The molecule has 0 saturated carbocycles. The maximum atomic E-state index is 13.7. The van der Waals surface area contributed by atoms with E-state index in [1.807, 2.05) is 24.3 Å². The third-order valence-electron chi connectivity index (χ3n) is 7.23. The summed E-state index contributed by atoms with van der Waals surface area (Å²) in [5, 5.41) is 7.09. The van der Waals surface area contributed by atoms with Gasteiger partial charge in [0.2, 0.25) is 21.8 Å². The first-order valence-corrected chi connectivity index (χ1v) is 14.1. The Balaban J connectivity index is 1.32. The Labute approximate surface area is 221 Å². The first-order valence-electron chi connectivity index (χ1n) is 12.6. The van der Waals surface area contributed by atoms with Crippen molar-refractivity contribution in [3.63, 3.8) is 0 Å². The zero-order valence-corrected chi connectivity index (χ0v) is 22.2. The summed E-state index contributed by atoms with van der Waals surface area (Å²) >= 11 is 0. The predicted molar refractivity (Wildman–Crippen MR) is 141 cm³/mol. The molecule has 1 aromatic heterocycles. The highest BCUT2D eigenvalue weighted by Crippen LogP contribution is 2.30. The van der Waals surface area contributed by atoms with Gasteiger partial charge in [0.25, 0.3) is 0 Å². The van der Waals surface area contributed by atoms with Crippen LogP contribution < -0.4 is 10.2 Å². The number of fused-ring (bicyclic) bond motifs is 1. The Morgan fingerprint density at radius 1 is 1.11 bits per heavy atom. The zero-order chi connectivity index (χ0) is 27.0. The number of carbonyl (C=O) groups is 2. The molecule has 11 heteroatoms. The smallest absolute Gasteiger partial charge is 0.248 e. The van der Waals surface area contributed by atoms with Crippen LogP contribution >= 0.6 is 0 Å². The van der Waals surface area contributed by atoms with Crippen LogP contribution in [0.5, 0.6) is 0 Å². The Morgan fingerprint density at radius 2 is 1.89 bits per heavy atom. The minimum atomic E-state index is -3.97. The number of piperidine rings is 1. The fourth-order valence-corrected chi connectivity index (χ4v) is 7.23. The van der Waals surface area contributed by atoms with Crippen LogP contribution in [0.3, 0.4) is 0 Å². The molecule has 0 bridgehead atoms. The van der Waals surface area contributed by atoms with Crippen LogP contribution in [0.25, 0.3) is 0 Å². The van der Waals surface area contributed by atoms with Gasteiger partial charge in [-0.2, -0.15) is 9.40 Å². The highest BCUT2D eigenvalue weighted by Gasteiger charge is 2.37. The average molecular weight is 540 g/mol. The highest BCUT2D eigenvalue weighted by molar-refractivity contribution is 7.89. The fourth-order valence-electron chi connectivity index (χ4n) is 5.33. The van der Waals surface area contributed by atoms with Crippen molar-refractivity contribution >= 4 is 33.2 Å². The molecule has 0 spiro atoms. The number of nitrogens with one attached hydrogen (secondary N) is 1. The van der Waals surface area contributed by atoms with Gasteiger partial charge in [-0.05, 0) is 62.9 Å². The molecule has 2 aliphatic heterocycles. The molecule has 9 nitrogen and oxygen atoms in total. The second kappa shape index (κ2) is 10.3.